The van der Waals surface area contributed by atoms with Crippen LogP contribution in [-0.4, -0.2) is 5.11 Å². The first-order valence-corrected chi connectivity index (χ1v) is 5.39. The fraction of sp³-hybridized carbons (Fsp3) is 0.455. The molecule has 0 fully saturated rings. The van der Waals surface area contributed by atoms with E-state index in [0.717, 1.165) is 24.1 Å². The first kappa shape index (κ1) is 10.5. The van der Waals surface area contributed by atoms with Crippen LogP contribution < -0.4 is 0 Å². The Morgan fingerprint density at radius 1 is 1.62 bits per heavy atom. The number of thiophene rings is 1. The summed E-state index contributed by atoms with van der Waals surface area (Å²) in [6.45, 7) is 5.98. The predicted molar refractivity (Wildman–Crippen MR) is 58.1 cm³/mol. The minimum Gasteiger partial charge on any atom is -0.391 e. The molecule has 0 spiro atoms. The fourth-order valence-electron chi connectivity index (χ4n) is 1.32. The summed E-state index contributed by atoms with van der Waals surface area (Å²) in [7, 11) is 0. The number of aliphatic hydroxyl groups excluding tert-OH is 1. The molecule has 0 aliphatic heterocycles. The highest BCUT2D eigenvalue weighted by Gasteiger charge is 2.03. The molecule has 0 aliphatic rings. The van der Waals surface area contributed by atoms with E-state index in [4.69, 9.17) is 5.11 Å². The summed E-state index contributed by atoms with van der Waals surface area (Å²) in [5.41, 5.74) is 1.32. The maximum Gasteiger partial charge on any atom is 0.0774 e. The van der Waals surface area contributed by atoms with Crippen LogP contribution in [0, 0.1) is 6.92 Å². The van der Waals surface area contributed by atoms with Gasteiger partial charge in [-0.25, -0.2) is 0 Å². The lowest BCUT2D eigenvalue weighted by Gasteiger charge is -1.96. The maximum atomic E-state index is 8.94. The molecule has 0 aliphatic carbocycles. The largest absolute Gasteiger partial charge is 0.391 e. The van der Waals surface area contributed by atoms with Gasteiger partial charge < -0.3 is 5.11 Å². The Balaban J connectivity index is 2.54. The highest BCUT2D eigenvalue weighted by Crippen LogP contribution is 2.23. The van der Waals surface area contributed by atoms with E-state index < -0.39 is 0 Å². The van der Waals surface area contributed by atoms with Gasteiger partial charge >= 0.3 is 0 Å². The van der Waals surface area contributed by atoms with Gasteiger partial charge in [-0.05, 0) is 37.8 Å². The Hall–Kier alpha value is -0.600. The normalized spacial score (nSPS) is 10.3. The quantitative estimate of drug-likeness (QED) is 0.567. The Kier molecular flexibility index (Phi) is 4.19. The molecule has 1 rings (SSSR count). The molecule has 0 aromatic carbocycles. The highest BCUT2D eigenvalue weighted by atomic mass is 32.1. The van der Waals surface area contributed by atoms with Crippen molar-refractivity contribution in [3.05, 3.63) is 34.0 Å². The molecule has 1 nitrogen and oxygen atoms in total. The summed E-state index contributed by atoms with van der Waals surface area (Å²) in [5, 5.41) is 8.94. The van der Waals surface area contributed by atoms with Crippen LogP contribution in [0.1, 0.15) is 28.2 Å². The highest BCUT2D eigenvalue weighted by molar-refractivity contribution is 7.12. The summed E-state index contributed by atoms with van der Waals surface area (Å²) in [5.74, 6) is 0. The second-order valence-corrected chi connectivity index (χ2v) is 4.38. The third-order valence-electron chi connectivity index (χ3n) is 2.04. The second-order valence-electron chi connectivity index (χ2n) is 3.16. The van der Waals surface area contributed by atoms with Crippen LogP contribution >= 0.6 is 11.3 Å². The van der Waals surface area contributed by atoms with Crippen LogP contribution in [0.15, 0.2) is 18.7 Å². The topological polar surface area (TPSA) is 20.2 Å². The van der Waals surface area contributed by atoms with Gasteiger partial charge in [0.2, 0.25) is 0 Å². The number of hydrogen-bond donors (Lipinski definition) is 1. The summed E-state index contributed by atoms with van der Waals surface area (Å²) in [4.78, 5) is 2.48. The van der Waals surface area contributed by atoms with Gasteiger partial charge in [-0.2, -0.15) is 0 Å². The molecule has 0 saturated carbocycles. The van der Waals surface area contributed by atoms with Crippen molar-refractivity contribution in [2.75, 3.05) is 0 Å². The van der Waals surface area contributed by atoms with E-state index in [1.54, 1.807) is 11.3 Å². The monoisotopic (exact) mass is 196 g/mol. The third kappa shape index (κ3) is 2.98. The number of unbranched alkanes of at least 4 members (excludes halogenated alkanes) is 1. The smallest absolute Gasteiger partial charge is 0.0774 e. The van der Waals surface area contributed by atoms with E-state index in [1.807, 2.05) is 6.08 Å². The minimum absolute atomic E-state index is 0.174. The SMILES string of the molecule is C=CCCCc1sc(CO)cc1C. The molecule has 1 aromatic rings. The van der Waals surface area contributed by atoms with Crippen molar-refractivity contribution in [3.63, 3.8) is 0 Å². The number of rotatable bonds is 5. The first-order valence-electron chi connectivity index (χ1n) is 4.58. The molecule has 2 heteroatoms. The number of aliphatic hydroxyl groups is 1. The van der Waals surface area contributed by atoms with Gasteiger partial charge in [0.15, 0.2) is 0 Å². The van der Waals surface area contributed by atoms with Gasteiger partial charge in [0.05, 0.1) is 6.61 Å². The molecule has 0 unspecified atom stereocenters. The minimum atomic E-state index is 0.174. The van der Waals surface area contributed by atoms with Gasteiger partial charge in [-0.3, -0.25) is 0 Å². The Morgan fingerprint density at radius 3 is 2.92 bits per heavy atom. The van der Waals surface area contributed by atoms with Crippen molar-refractivity contribution in [2.24, 2.45) is 0 Å². The van der Waals surface area contributed by atoms with Crippen LogP contribution in [0.2, 0.25) is 0 Å². The molecule has 13 heavy (non-hydrogen) atoms. The van der Waals surface area contributed by atoms with Crippen molar-refractivity contribution in [1.82, 2.24) is 0 Å². The molecule has 0 saturated heterocycles. The molecule has 0 atom stereocenters. The van der Waals surface area contributed by atoms with Crippen molar-refractivity contribution in [2.45, 2.75) is 32.8 Å². The van der Waals surface area contributed by atoms with Crippen molar-refractivity contribution < 1.29 is 5.11 Å². The van der Waals surface area contributed by atoms with Crippen LogP contribution in [-0.2, 0) is 13.0 Å². The average Bonchev–Trinajstić information content (AvgIpc) is 2.48. The molecule has 1 heterocycles. The standard InChI is InChI=1S/C11H16OS/c1-3-4-5-6-11-9(2)7-10(8-12)13-11/h3,7,12H,1,4-6,8H2,2H3. The average molecular weight is 196 g/mol. The first-order chi connectivity index (χ1) is 6.27. The zero-order chi connectivity index (χ0) is 9.68. The van der Waals surface area contributed by atoms with Gasteiger partial charge in [-0.1, -0.05) is 6.08 Å². The zero-order valence-corrected chi connectivity index (χ0v) is 8.86. The van der Waals surface area contributed by atoms with E-state index in [1.165, 1.54) is 10.4 Å². The summed E-state index contributed by atoms with van der Waals surface area (Å²) < 4.78 is 0. The van der Waals surface area contributed by atoms with Crippen molar-refractivity contribution >= 4 is 11.3 Å². The van der Waals surface area contributed by atoms with E-state index in [-0.39, 0.29) is 6.61 Å². The van der Waals surface area contributed by atoms with E-state index in [2.05, 4.69) is 19.6 Å². The summed E-state index contributed by atoms with van der Waals surface area (Å²) >= 11 is 1.73. The Bertz CT molecular complexity index is 276. The van der Waals surface area contributed by atoms with E-state index in [0.29, 0.717) is 0 Å². The predicted octanol–water partition coefficient (Wildman–Crippen LogP) is 3.06. The van der Waals surface area contributed by atoms with Gasteiger partial charge in [0.25, 0.3) is 0 Å². The third-order valence-corrected chi connectivity index (χ3v) is 3.32. The molecular formula is C11H16OS. The second kappa shape index (κ2) is 5.20. The molecule has 0 radical (unpaired) electrons. The van der Waals surface area contributed by atoms with E-state index >= 15 is 0 Å². The molecule has 1 aromatic heterocycles. The van der Waals surface area contributed by atoms with Gasteiger partial charge in [0, 0.05) is 9.75 Å². The molecule has 72 valence electrons. The summed E-state index contributed by atoms with van der Waals surface area (Å²) in [6, 6.07) is 2.08. The molecular weight excluding hydrogens is 180 g/mol. The Labute approximate surface area is 83.7 Å². The van der Waals surface area contributed by atoms with Crippen LogP contribution in [0.3, 0.4) is 0 Å². The fourth-order valence-corrected chi connectivity index (χ4v) is 2.41. The Morgan fingerprint density at radius 2 is 2.38 bits per heavy atom. The lowest BCUT2D eigenvalue weighted by Crippen LogP contribution is -1.81. The summed E-state index contributed by atoms with van der Waals surface area (Å²) in [6.07, 6.45) is 5.31. The molecule has 1 N–H and O–H groups in total. The molecule has 0 amide bonds. The van der Waals surface area contributed by atoms with Crippen LogP contribution in [0.25, 0.3) is 0 Å². The van der Waals surface area contributed by atoms with Gasteiger partial charge in [-0.15, -0.1) is 17.9 Å². The lowest BCUT2D eigenvalue weighted by molar-refractivity contribution is 0.285. The number of aryl methyl sites for hydroxylation is 2. The van der Waals surface area contributed by atoms with Crippen molar-refractivity contribution in [3.8, 4) is 0 Å². The maximum absolute atomic E-state index is 8.94. The van der Waals surface area contributed by atoms with Gasteiger partial charge in [0.1, 0.15) is 0 Å². The van der Waals surface area contributed by atoms with E-state index in [9.17, 15) is 0 Å². The number of allylic oxidation sites excluding steroid dienone is 1. The van der Waals surface area contributed by atoms with Crippen molar-refractivity contribution in [1.29, 1.82) is 0 Å². The lowest BCUT2D eigenvalue weighted by atomic mass is 10.1. The number of hydrogen-bond acceptors (Lipinski definition) is 2. The molecule has 0 bridgehead atoms. The van der Waals surface area contributed by atoms with Crippen LogP contribution in [0.5, 0.6) is 0 Å². The van der Waals surface area contributed by atoms with Crippen LogP contribution in [0.4, 0.5) is 0 Å². The zero-order valence-electron chi connectivity index (χ0n) is 8.05.